The van der Waals surface area contributed by atoms with Gasteiger partial charge in [0.2, 0.25) is 0 Å². The summed E-state index contributed by atoms with van der Waals surface area (Å²) in [5.41, 5.74) is 2.57. The smallest absolute Gasteiger partial charge is 0.315 e. The number of carbonyl (C=O) groups excluding carboxylic acids is 3. The summed E-state index contributed by atoms with van der Waals surface area (Å²) in [4.78, 5) is 42.2. The summed E-state index contributed by atoms with van der Waals surface area (Å²) in [7, 11) is 0. The molecule has 1 aliphatic heterocycles. The minimum Gasteiger partial charge on any atom is -0.426 e. The Labute approximate surface area is 214 Å². The topological polar surface area (TPSA) is 115 Å². The predicted molar refractivity (Wildman–Crippen MR) is 133 cm³/mol. The van der Waals surface area contributed by atoms with E-state index in [1.54, 1.807) is 18.3 Å². The highest BCUT2D eigenvalue weighted by Gasteiger charge is 2.48. The van der Waals surface area contributed by atoms with E-state index < -0.39 is 0 Å². The van der Waals surface area contributed by atoms with Crippen molar-refractivity contribution in [2.24, 2.45) is 29.6 Å². The Morgan fingerprint density at radius 1 is 0.973 bits per heavy atom. The first-order valence-corrected chi connectivity index (χ1v) is 13.2. The quantitative estimate of drug-likeness (QED) is 0.398. The molecule has 0 spiro atoms. The minimum atomic E-state index is -0.383. The maximum atomic E-state index is 13.3. The molecule has 9 nitrogen and oxygen atoms in total. The third-order valence-corrected chi connectivity index (χ3v) is 8.88. The van der Waals surface area contributed by atoms with Gasteiger partial charge in [0.15, 0.2) is 5.65 Å². The van der Waals surface area contributed by atoms with Crippen molar-refractivity contribution in [2.75, 3.05) is 6.54 Å². The van der Waals surface area contributed by atoms with Crippen molar-refractivity contribution in [2.45, 2.75) is 45.1 Å². The first-order chi connectivity index (χ1) is 18.0. The van der Waals surface area contributed by atoms with E-state index in [1.807, 2.05) is 12.1 Å². The van der Waals surface area contributed by atoms with Gasteiger partial charge in [-0.2, -0.15) is 5.10 Å². The Kier molecular flexibility index (Phi) is 5.26. The maximum Gasteiger partial charge on any atom is 0.315 e. The molecule has 4 bridgehead atoms. The molecular weight excluding hydrogens is 470 g/mol. The number of nitrogens with one attached hydrogen (secondary N) is 2. The zero-order valence-electron chi connectivity index (χ0n) is 20.5. The average molecular weight is 500 g/mol. The van der Waals surface area contributed by atoms with Gasteiger partial charge in [0, 0.05) is 30.8 Å². The summed E-state index contributed by atoms with van der Waals surface area (Å²) in [5.74, 6) is 3.46. The fourth-order valence-corrected chi connectivity index (χ4v) is 7.43. The fraction of sp³-hybridized carbons (Fsp3) is 0.464. The second-order valence-corrected chi connectivity index (χ2v) is 11.2. The summed E-state index contributed by atoms with van der Waals surface area (Å²) in [5, 5.41) is 10.3. The van der Waals surface area contributed by atoms with Crippen LogP contribution >= 0.6 is 0 Å². The van der Waals surface area contributed by atoms with Crippen molar-refractivity contribution in [3.8, 4) is 5.75 Å². The van der Waals surface area contributed by atoms with E-state index in [1.165, 1.54) is 42.7 Å². The van der Waals surface area contributed by atoms with E-state index in [-0.39, 0.29) is 36.4 Å². The van der Waals surface area contributed by atoms with Crippen molar-refractivity contribution in [3.63, 3.8) is 0 Å². The van der Waals surface area contributed by atoms with Crippen molar-refractivity contribution in [3.05, 3.63) is 59.0 Å². The summed E-state index contributed by atoms with van der Waals surface area (Å²) < 4.78 is 6.62. The molecule has 8 rings (SSSR count). The Morgan fingerprint density at radius 3 is 2.54 bits per heavy atom. The summed E-state index contributed by atoms with van der Waals surface area (Å²) >= 11 is 0. The molecule has 37 heavy (non-hydrogen) atoms. The van der Waals surface area contributed by atoms with Crippen LogP contribution < -0.4 is 15.4 Å². The molecule has 1 aromatic carbocycles. The lowest BCUT2D eigenvalue weighted by molar-refractivity contribution is -0.131. The molecule has 190 valence electrons. The number of fused-ring (bicyclic) bond motifs is 2. The van der Waals surface area contributed by atoms with Crippen LogP contribution in [-0.2, 0) is 17.8 Å². The van der Waals surface area contributed by atoms with Crippen LogP contribution in [0.4, 0.5) is 0 Å². The van der Waals surface area contributed by atoms with Crippen LogP contribution in [-0.4, -0.2) is 38.9 Å². The minimum absolute atomic E-state index is 0.160. The number of carbonyl (C=O) groups is 3. The van der Waals surface area contributed by atoms with Gasteiger partial charge < -0.3 is 15.4 Å². The third kappa shape index (κ3) is 4.06. The number of ether oxygens (including phenoxy) is 1. The van der Waals surface area contributed by atoms with Gasteiger partial charge in [0.1, 0.15) is 17.1 Å². The van der Waals surface area contributed by atoms with Gasteiger partial charge in [-0.1, -0.05) is 6.07 Å². The normalized spacial score (nSPS) is 27.2. The molecule has 0 saturated heterocycles. The SMILES string of the molecule is O=C1Cc2cc(CNC(=O)c3cc(C(=O)NCC4C5CC6CC(C5)CC4C6)n4nccc4n3)ccc2O1. The number of hydrogen-bond acceptors (Lipinski definition) is 6. The van der Waals surface area contributed by atoms with Crippen molar-refractivity contribution >= 4 is 23.4 Å². The van der Waals surface area contributed by atoms with Gasteiger partial charge >= 0.3 is 5.97 Å². The van der Waals surface area contributed by atoms with Crippen LogP contribution in [0.15, 0.2) is 36.5 Å². The number of benzene rings is 1. The largest absolute Gasteiger partial charge is 0.426 e. The van der Waals surface area contributed by atoms with Crippen LogP contribution in [0.2, 0.25) is 0 Å². The maximum absolute atomic E-state index is 13.3. The van der Waals surface area contributed by atoms with Gasteiger partial charge in [-0.3, -0.25) is 14.4 Å². The second kappa shape index (κ2) is 8.68. The first-order valence-electron chi connectivity index (χ1n) is 13.2. The summed E-state index contributed by atoms with van der Waals surface area (Å²) in [6, 6.07) is 8.61. The lowest BCUT2D eigenvalue weighted by atomic mass is 9.52. The van der Waals surface area contributed by atoms with E-state index in [2.05, 4.69) is 20.7 Å². The van der Waals surface area contributed by atoms with E-state index in [0.29, 0.717) is 29.6 Å². The van der Waals surface area contributed by atoms with Crippen LogP contribution in [0.5, 0.6) is 5.75 Å². The molecule has 4 saturated carbocycles. The zero-order chi connectivity index (χ0) is 25.1. The zero-order valence-corrected chi connectivity index (χ0v) is 20.5. The molecule has 2 amide bonds. The molecule has 3 heterocycles. The van der Waals surface area contributed by atoms with E-state index in [0.717, 1.165) is 34.8 Å². The number of amides is 2. The molecule has 3 aromatic rings. The molecule has 2 aromatic heterocycles. The van der Waals surface area contributed by atoms with Gasteiger partial charge in [-0.25, -0.2) is 9.50 Å². The van der Waals surface area contributed by atoms with Gasteiger partial charge in [-0.05, 0) is 79.4 Å². The van der Waals surface area contributed by atoms with Crippen molar-refractivity contribution in [1.82, 2.24) is 25.2 Å². The number of nitrogens with zero attached hydrogens (tertiary/aromatic N) is 3. The molecular formula is C28H29N5O4. The lowest BCUT2D eigenvalue weighted by Gasteiger charge is -2.54. The molecule has 2 N–H and O–H groups in total. The van der Waals surface area contributed by atoms with Crippen LogP contribution in [0, 0.1) is 29.6 Å². The lowest BCUT2D eigenvalue weighted by Crippen LogP contribution is -2.49. The second-order valence-electron chi connectivity index (χ2n) is 11.2. The number of aromatic nitrogens is 3. The Hall–Kier alpha value is -3.75. The summed E-state index contributed by atoms with van der Waals surface area (Å²) in [6.45, 7) is 0.936. The van der Waals surface area contributed by atoms with Gasteiger partial charge in [0.05, 0.1) is 12.6 Å². The Bertz CT molecular complexity index is 1400. The van der Waals surface area contributed by atoms with Crippen LogP contribution in [0.1, 0.15) is 64.2 Å². The Morgan fingerprint density at radius 2 is 1.76 bits per heavy atom. The van der Waals surface area contributed by atoms with Crippen molar-refractivity contribution < 1.29 is 19.1 Å². The molecule has 4 fully saturated rings. The van der Waals surface area contributed by atoms with E-state index >= 15 is 0 Å². The highest BCUT2D eigenvalue weighted by molar-refractivity contribution is 5.98. The standard InChI is InChI=1S/C28H29N5O4/c34-26-11-20-6-15(1-2-24(20)37-26)13-29-27(35)22-12-23(33-25(32-22)3-4-31-33)28(36)30-14-21-18-7-16-5-17(9-18)10-19(21)8-16/h1-4,6,12,16-19,21H,5,7-11,13-14H2,(H,29,35)(H,30,36). The monoisotopic (exact) mass is 499 g/mol. The third-order valence-electron chi connectivity index (χ3n) is 8.88. The highest BCUT2D eigenvalue weighted by Crippen LogP contribution is 2.56. The molecule has 0 atom stereocenters. The first kappa shape index (κ1) is 22.4. The summed E-state index contributed by atoms with van der Waals surface area (Å²) in [6.07, 6.45) is 8.46. The van der Waals surface area contributed by atoms with Crippen LogP contribution in [0.25, 0.3) is 5.65 Å². The number of rotatable bonds is 6. The Balaban J connectivity index is 1.05. The fourth-order valence-electron chi connectivity index (χ4n) is 7.43. The van der Waals surface area contributed by atoms with Crippen molar-refractivity contribution in [1.29, 1.82) is 0 Å². The number of esters is 1. The molecule has 0 radical (unpaired) electrons. The number of hydrogen-bond donors (Lipinski definition) is 2. The van der Waals surface area contributed by atoms with E-state index in [9.17, 15) is 14.4 Å². The van der Waals surface area contributed by atoms with Crippen LogP contribution in [0.3, 0.4) is 0 Å². The molecule has 4 aliphatic carbocycles. The van der Waals surface area contributed by atoms with Gasteiger partial charge in [0.25, 0.3) is 11.8 Å². The van der Waals surface area contributed by atoms with Gasteiger partial charge in [-0.15, -0.1) is 0 Å². The molecule has 5 aliphatic rings. The molecule has 0 unspecified atom stereocenters. The predicted octanol–water partition coefficient (Wildman–Crippen LogP) is 2.92. The highest BCUT2D eigenvalue weighted by atomic mass is 16.5. The van der Waals surface area contributed by atoms with E-state index in [4.69, 9.17) is 4.74 Å². The molecule has 9 heteroatoms. The average Bonchev–Trinajstić information content (AvgIpc) is 3.50.